The zero-order valence-electron chi connectivity index (χ0n) is 10.6. The minimum atomic E-state index is -0.576. The second kappa shape index (κ2) is 7.96. The normalized spacial score (nSPS) is 11.8. The molecular weight excluding hydrogens is 208 g/mol. The molecule has 0 aliphatic carbocycles. The SMILES string of the molecule is CCCCN(CC)C(=O)C(C)NC(=O)OC. The van der Waals surface area contributed by atoms with Crippen LogP contribution in [-0.4, -0.2) is 43.1 Å². The first-order valence-corrected chi connectivity index (χ1v) is 5.70. The van der Waals surface area contributed by atoms with Crippen molar-refractivity contribution in [3.8, 4) is 0 Å². The predicted octanol–water partition coefficient (Wildman–Crippen LogP) is 1.38. The van der Waals surface area contributed by atoms with Crippen molar-refractivity contribution >= 4 is 12.0 Å². The fourth-order valence-electron chi connectivity index (χ4n) is 1.34. The van der Waals surface area contributed by atoms with E-state index in [1.165, 1.54) is 7.11 Å². The third-order valence-corrected chi connectivity index (χ3v) is 2.37. The number of unbranched alkanes of at least 4 members (excludes halogenated alkanes) is 1. The van der Waals surface area contributed by atoms with E-state index in [9.17, 15) is 9.59 Å². The molecular formula is C11H22N2O3. The average Bonchev–Trinajstić information content (AvgIpc) is 2.29. The van der Waals surface area contributed by atoms with Crippen molar-refractivity contribution in [2.45, 2.75) is 39.7 Å². The second-order valence-electron chi connectivity index (χ2n) is 3.63. The minimum absolute atomic E-state index is 0.0682. The molecule has 0 spiro atoms. The van der Waals surface area contributed by atoms with Crippen molar-refractivity contribution in [3.63, 3.8) is 0 Å². The molecule has 5 nitrogen and oxygen atoms in total. The molecule has 0 aromatic carbocycles. The van der Waals surface area contributed by atoms with Gasteiger partial charge in [-0.2, -0.15) is 0 Å². The molecule has 0 aliphatic heterocycles. The lowest BCUT2D eigenvalue weighted by molar-refractivity contribution is -0.132. The van der Waals surface area contributed by atoms with Gasteiger partial charge < -0.3 is 15.0 Å². The highest BCUT2D eigenvalue weighted by Gasteiger charge is 2.20. The molecule has 0 fully saturated rings. The van der Waals surface area contributed by atoms with Gasteiger partial charge in [0.25, 0.3) is 0 Å². The lowest BCUT2D eigenvalue weighted by Crippen LogP contribution is -2.47. The molecule has 94 valence electrons. The van der Waals surface area contributed by atoms with Gasteiger partial charge in [0, 0.05) is 13.1 Å². The molecule has 1 N–H and O–H groups in total. The van der Waals surface area contributed by atoms with Crippen LogP contribution in [0.2, 0.25) is 0 Å². The molecule has 1 unspecified atom stereocenters. The predicted molar refractivity (Wildman–Crippen MR) is 62.2 cm³/mol. The molecule has 0 aromatic heterocycles. The van der Waals surface area contributed by atoms with Crippen LogP contribution in [0.15, 0.2) is 0 Å². The number of likely N-dealkylation sites (N-methyl/N-ethyl adjacent to an activating group) is 1. The van der Waals surface area contributed by atoms with Crippen LogP contribution >= 0.6 is 0 Å². The Morgan fingerprint density at radius 2 is 2.00 bits per heavy atom. The Kier molecular flexibility index (Phi) is 7.33. The summed E-state index contributed by atoms with van der Waals surface area (Å²) < 4.78 is 4.44. The number of ether oxygens (including phenoxy) is 1. The summed E-state index contributed by atoms with van der Waals surface area (Å²) in [6.07, 6.45) is 1.44. The van der Waals surface area contributed by atoms with Gasteiger partial charge in [-0.05, 0) is 20.3 Å². The Hall–Kier alpha value is -1.26. The van der Waals surface area contributed by atoms with E-state index in [1.807, 2.05) is 6.92 Å². The number of carbonyl (C=O) groups excluding carboxylic acids is 2. The lowest BCUT2D eigenvalue weighted by atomic mass is 10.2. The second-order valence-corrected chi connectivity index (χ2v) is 3.63. The third-order valence-electron chi connectivity index (χ3n) is 2.37. The summed E-state index contributed by atoms with van der Waals surface area (Å²) in [5, 5.41) is 2.47. The van der Waals surface area contributed by atoms with Crippen molar-refractivity contribution in [3.05, 3.63) is 0 Å². The minimum Gasteiger partial charge on any atom is -0.453 e. The van der Waals surface area contributed by atoms with E-state index in [0.29, 0.717) is 6.54 Å². The summed E-state index contributed by atoms with van der Waals surface area (Å²) in [6, 6.07) is -0.538. The highest BCUT2D eigenvalue weighted by molar-refractivity contribution is 5.85. The summed E-state index contributed by atoms with van der Waals surface area (Å²) in [5.74, 6) is -0.0682. The molecule has 16 heavy (non-hydrogen) atoms. The number of hydrogen-bond acceptors (Lipinski definition) is 3. The number of nitrogens with zero attached hydrogens (tertiary/aromatic N) is 1. The van der Waals surface area contributed by atoms with E-state index in [4.69, 9.17) is 0 Å². The van der Waals surface area contributed by atoms with Gasteiger partial charge in [0.15, 0.2) is 0 Å². The van der Waals surface area contributed by atoms with Crippen LogP contribution in [0.1, 0.15) is 33.6 Å². The van der Waals surface area contributed by atoms with Crippen LogP contribution in [0.4, 0.5) is 4.79 Å². The van der Waals surface area contributed by atoms with Crippen LogP contribution in [0.25, 0.3) is 0 Å². The number of amides is 2. The molecule has 1 atom stereocenters. The first kappa shape index (κ1) is 14.7. The Morgan fingerprint density at radius 3 is 2.44 bits per heavy atom. The standard InChI is InChI=1S/C11H22N2O3/c1-5-7-8-13(6-2)10(14)9(3)12-11(15)16-4/h9H,5-8H2,1-4H3,(H,12,15). The Morgan fingerprint density at radius 1 is 1.38 bits per heavy atom. The van der Waals surface area contributed by atoms with Gasteiger partial charge in [-0.3, -0.25) is 4.79 Å². The zero-order valence-corrected chi connectivity index (χ0v) is 10.6. The maximum absolute atomic E-state index is 11.9. The third kappa shape index (κ3) is 5.00. The van der Waals surface area contributed by atoms with E-state index in [2.05, 4.69) is 17.0 Å². The van der Waals surface area contributed by atoms with E-state index in [0.717, 1.165) is 19.4 Å². The number of methoxy groups -OCH3 is 1. The van der Waals surface area contributed by atoms with Crippen molar-refractivity contribution < 1.29 is 14.3 Å². The van der Waals surface area contributed by atoms with Gasteiger partial charge in [-0.1, -0.05) is 13.3 Å². The summed E-state index contributed by atoms with van der Waals surface area (Å²) >= 11 is 0. The van der Waals surface area contributed by atoms with Gasteiger partial charge in [0.1, 0.15) is 6.04 Å². The van der Waals surface area contributed by atoms with Gasteiger partial charge in [-0.15, -0.1) is 0 Å². The molecule has 2 amide bonds. The van der Waals surface area contributed by atoms with E-state index >= 15 is 0 Å². The van der Waals surface area contributed by atoms with E-state index in [1.54, 1.807) is 11.8 Å². The Bertz CT molecular complexity index is 231. The van der Waals surface area contributed by atoms with Crippen molar-refractivity contribution in [1.29, 1.82) is 0 Å². The quantitative estimate of drug-likeness (QED) is 0.750. The number of hydrogen-bond donors (Lipinski definition) is 1. The molecule has 0 bridgehead atoms. The largest absolute Gasteiger partial charge is 0.453 e. The van der Waals surface area contributed by atoms with E-state index in [-0.39, 0.29) is 5.91 Å². The molecule has 0 rings (SSSR count). The van der Waals surface area contributed by atoms with Gasteiger partial charge in [-0.25, -0.2) is 4.79 Å². The number of alkyl carbamates (subject to hydrolysis) is 1. The Labute approximate surface area is 97.1 Å². The molecule has 5 heteroatoms. The van der Waals surface area contributed by atoms with Gasteiger partial charge in [0.2, 0.25) is 5.91 Å². The molecule has 0 aromatic rings. The highest BCUT2D eigenvalue weighted by Crippen LogP contribution is 1.99. The smallest absolute Gasteiger partial charge is 0.407 e. The lowest BCUT2D eigenvalue weighted by Gasteiger charge is -2.24. The summed E-state index contributed by atoms with van der Waals surface area (Å²) in [6.45, 7) is 7.06. The first-order chi connectivity index (χ1) is 7.56. The summed E-state index contributed by atoms with van der Waals surface area (Å²) in [5.41, 5.74) is 0. The van der Waals surface area contributed by atoms with Gasteiger partial charge >= 0.3 is 6.09 Å². The first-order valence-electron chi connectivity index (χ1n) is 5.70. The summed E-state index contributed by atoms with van der Waals surface area (Å²) in [7, 11) is 1.28. The molecule has 0 radical (unpaired) electrons. The van der Waals surface area contributed by atoms with Gasteiger partial charge in [0.05, 0.1) is 7.11 Å². The molecule has 0 saturated carbocycles. The van der Waals surface area contributed by atoms with Crippen LogP contribution in [0.3, 0.4) is 0 Å². The fraction of sp³-hybridized carbons (Fsp3) is 0.818. The number of rotatable bonds is 6. The Balaban J connectivity index is 4.21. The van der Waals surface area contributed by atoms with Crippen LogP contribution in [0, 0.1) is 0 Å². The van der Waals surface area contributed by atoms with E-state index < -0.39 is 12.1 Å². The van der Waals surface area contributed by atoms with Crippen LogP contribution < -0.4 is 5.32 Å². The zero-order chi connectivity index (χ0) is 12.6. The number of nitrogens with one attached hydrogen (secondary N) is 1. The number of carbonyl (C=O) groups is 2. The monoisotopic (exact) mass is 230 g/mol. The van der Waals surface area contributed by atoms with Crippen molar-refractivity contribution in [1.82, 2.24) is 10.2 Å². The average molecular weight is 230 g/mol. The molecule has 0 heterocycles. The highest BCUT2D eigenvalue weighted by atomic mass is 16.5. The molecule has 0 aliphatic rings. The van der Waals surface area contributed by atoms with Crippen molar-refractivity contribution in [2.24, 2.45) is 0 Å². The maximum Gasteiger partial charge on any atom is 0.407 e. The maximum atomic E-state index is 11.9. The fourth-order valence-corrected chi connectivity index (χ4v) is 1.34. The summed E-state index contributed by atoms with van der Waals surface area (Å²) in [4.78, 5) is 24.6. The molecule has 0 saturated heterocycles. The van der Waals surface area contributed by atoms with Crippen LogP contribution in [0.5, 0.6) is 0 Å². The van der Waals surface area contributed by atoms with Crippen molar-refractivity contribution in [2.75, 3.05) is 20.2 Å². The van der Waals surface area contributed by atoms with Crippen LogP contribution in [-0.2, 0) is 9.53 Å². The topological polar surface area (TPSA) is 58.6 Å².